The molecule has 21 heavy (non-hydrogen) atoms. The van der Waals surface area contributed by atoms with Crippen molar-refractivity contribution in [3.8, 4) is 11.4 Å². The zero-order valence-corrected chi connectivity index (χ0v) is 12.8. The van der Waals surface area contributed by atoms with Gasteiger partial charge in [0.1, 0.15) is 0 Å². The Morgan fingerprint density at radius 2 is 2.05 bits per heavy atom. The summed E-state index contributed by atoms with van der Waals surface area (Å²) < 4.78 is 5.55. The molecule has 1 heterocycles. The molecule has 2 aromatic rings. The summed E-state index contributed by atoms with van der Waals surface area (Å²) in [6, 6.07) is 8.42. The number of rotatable bonds is 3. The van der Waals surface area contributed by atoms with Gasteiger partial charge in [0.15, 0.2) is 0 Å². The lowest BCUT2D eigenvalue weighted by Crippen LogP contribution is -2.45. The van der Waals surface area contributed by atoms with E-state index in [4.69, 9.17) is 10.3 Å². The molecule has 3 rings (SSSR count). The van der Waals surface area contributed by atoms with Gasteiger partial charge in [-0.05, 0) is 31.7 Å². The minimum Gasteiger partial charge on any atom is -0.338 e. The van der Waals surface area contributed by atoms with Crippen LogP contribution in [0.1, 0.15) is 51.0 Å². The summed E-state index contributed by atoms with van der Waals surface area (Å²) in [6.07, 6.45) is 5.44. The average molecular weight is 285 g/mol. The molecular weight excluding hydrogens is 262 g/mol. The van der Waals surface area contributed by atoms with Crippen LogP contribution in [0.5, 0.6) is 0 Å². The van der Waals surface area contributed by atoms with Crippen molar-refractivity contribution < 1.29 is 4.52 Å². The lowest BCUT2D eigenvalue weighted by Gasteiger charge is -2.35. The van der Waals surface area contributed by atoms with E-state index in [1.54, 1.807) is 0 Å². The van der Waals surface area contributed by atoms with Gasteiger partial charge in [-0.1, -0.05) is 49.2 Å². The normalized spacial score (nSPS) is 26.0. The maximum absolute atomic E-state index is 6.30. The largest absolute Gasteiger partial charge is 0.338 e. The Bertz CT molecular complexity index is 605. The van der Waals surface area contributed by atoms with E-state index in [0.29, 0.717) is 11.7 Å². The molecule has 1 fully saturated rings. The molecule has 0 bridgehead atoms. The van der Waals surface area contributed by atoms with Crippen LogP contribution in [0.15, 0.2) is 28.8 Å². The Balaban J connectivity index is 1.88. The number of nitrogens with zero attached hydrogens (tertiary/aromatic N) is 2. The van der Waals surface area contributed by atoms with Gasteiger partial charge in [0.05, 0.1) is 5.41 Å². The second kappa shape index (κ2) is 5.60. The Kier molecular flexibility index (Phi) is 3.81. The SMILES string of the molecule is CCc1ccc(-c2noc(C3(C)CCCCC3N)n2)cc1. The van der Waals surface area contributed by atoms with Crippen molar-refractivity contribution in [2.24, 2.45) is 5.73 Å². The third-order valence-electron chi connectivity index (χ3n) is 4.81. The third-order valence-corrected chi connectivity index (χ3v) is 4.81. The van der Waals surface area contributed by atoms with Gasteiger partial charge in [0, 0.05) is 11.6 Å². The van der Waals surface area contributed by atoms with Gasteiger partial charge >= 0.3 is 0 Å². The highest BCUT2D eigenvalue weighted by molar-refractivity contribution is 5.54. The van der Waals surface area contributed by atoms with Crippen LogP contribution in [0.2, 0.25) is 0 Å². The monoisotopic (exact) mass is 285 g/mol. The maximum atomic E-state index is 6.30. The summed E-state index contributed by atoms with van der Waals surface area (Å²) in [5.74, 6) is 1.34. The first-order valence-electron chi connectivity index (χ1n) is 7.82. The van der Waals surface area contributed by atoms with Crippen molar-refractivity contribution >= 4 is 0 Å². The summed E-state index contributed by atoms with van der Waals surface area (Å²) in [4.78, 5) is 4.62. The highest BCUT2D eigenvalue weighted by Crippen LogP contribution is 2.38. The van der Waals surface area contributed by atoms with Crippen LogP contribution in [0.4, 0.5) is 0 Å². The van der Waals surface area contributed by atoms with Crippen molar-refractivity contribution in [3.63, 3.8) is 0 Å². The molecule has 2 atom stereocenters. The lowest BCUT2D eigenvalue weighted by atomic mass is 9.72. The number of hydrogen-bond acceptors (Lipinski definition) is 4. The van der Waals surface area contributed by atoms with Crippen LogP contribution in [-0.2, 0) is 11.8 Å². The second-order valence-electron chi connectivity index (χ2n) is 6.24. The standard InChI is InChI=1S/C17H23N3O/c1-3-12-7-9-13(10-8-12)15-19-16(21-20-15)17(2)11-5-4-6-14(17)18/h7-10,14H,3-6,11,18H2,1-2H3. The van der Waals surface area contributed by atoms with Gasteiger partial charge in [-0.25, -0.2) is 0 Å². The van der Waals surface area contributed by atoms with Crippen LogP contribution in [0.25, 0.3) is 11.4 Å². The van der Waals surface area contributed by atoms with Crippen molar-refractivity contribution in [2.45, 2.75) is 57.4 Å². The molecule has 1 aliphatic rings. The van der Waals surface area contributed by atoms with Crippen LogP contribution in [0, 0.1) is 0 Å². The van der Waals surface area contributed by atoms with Crippen molar-refractivity contribution in [1.82, 2.24) is 10.1 Å². The predicted octanol–water partition coefficient (Wildman–Crippen LogP) is 3.46. The maximum Gasteiger partial charge on any atom is 0.234 e. The van der Waals surface area contributed by atoms with Gasteiger partial charge in [0.2, 0.25) is 11.7 Å². The summed E-state index contributed by atoms with van der Waals surface area (Å²) in [6.45, 7) is 4.29. The number of aromatic nitrogens is 2. The van der Waals surface area contributed by atoms with Crippen LogP contribution < -0.4 is 5.73 Å². The van der Waals surface area contributed by atoms with E-state index in [2.05, 4.69) is 48.3 Å². The summed E-state index contributed by atoms with van der Waals surface area (Å²) in [5.41, 5.74) is 8.42. The fourth-order valence-corrected chi connectivity index (χ4v) is 3.09. The molecule has 112 valence electrons. The van der Waals surface area contributed by atoms with Crippen molar-refractivity contribution in [2.75, 3.05) is 0 Å². The van der Waals surface area contributed by atoms with Gasteiger partial charge < -0.3 is 10.3 Å². The van der Waals surface area contributed by atoms with E-state index in [1.165, 1.54) is 18.4 Å². The van der Waals surface area contributed by atoms with E-state index in [0.717, 1.165) is 24.8 Å². The van der Waals surface area contributed by atoms with E-state index >= 15 is 0 Å². The molecule has 0 aliphatic heterocycles. The Hall–Kier alpha value is -1.68. The van der Waals surface area contributed by atoms with Crippen molar-refractivity contribution in [3.05, 3.63) is 35.7 Å². The number of aryl methyl sites for hydroxylation is 1. The fraction of sp³-hybridized carbons (Fsp3) is 0.529. The first-order valence-corrected chi connectivity index (χ1v) is 7.82. The molecule has 0 spiro atoms. The van der Waals surface area contributed by atoms with Crippen LogP contribution in [-0.4, -0.2) is 16.2 Å². The molecule has 1 aromatic heterocycles. The van der Waals surface area contributed by atoms with Gasteiger partial charge in [0.25, 0.3) is 0 Å². The summed E-state index contributed by atoms with van der Waals surface area (Å²) in [5, 5.41) is 4.16. The molecule has 0 radical (unpaired) electrons. The number of hydrogen-bond donors (Lipinski definition) is 1. The minimum atomic E-state index is -0.188. The highest BCUT2D eigenvalue weighted by Gasteiger charge is 2.40. The van der Waals surface area contributed by atoms with Crippen LogP contribution >= 0.6 is 0 Å². The fourth-order valence-electron chi connectivity index (χ4n) is 3.09. The molecule has 4 nitrogen and oxygen atoms in total. The molecular formula is C17H23N3O. The zero-order valence-electron chi connectivity index (χ0n) is 12.8. The molecule has 1 aromatic carbocycles. The molecule has 1 saturated carbocycles. The molecule has 2 unspecified atom stereocenters. The minimum absolute atomic E-state index is 0.0991. The molecule has 0 amide bonds. The Morgan fingerprint density at radius 1 is 1.29 bits per heavy atom. The molecule has 1 aliphatic carbocycles. The predicted molar refractivity (Wildman–Crippen MR) is 82.9 cm³/mol. The van der Waals surface area contributed by atoms with E-state index in [9.17, 15) is 0 Å². The van der Waals surface area contributed by atoms with E-state index < -0.39 is 0 Å². The smallest absolute Gasteiger partial charge is 0.234 e. The van der Waals surface area contributed by atoms with E-state index in [-0.39, 0.29) is 11.5 Å². The van der Waals surface area contributed by atoms with E-state index in [1.807, 2.05) is 0 Å². The Morgan fingerprint density at radius 3 is 2.71 bits per heavy atom. The molecule has 4 heteroatoms. The molecule has 2 N–H and O–H groups in total. The first kappa shape index (κ1) is 14.3. The lowest BCUT2D eigenvalue weighted by molar-refractivity contribution is 0.203. The average Bonchev–Trinajstić information content (AvgIpc) is 3.01. The van der Waals surface area contributed by atoms with Gasteiger partial charge in [-0.15, -0.1) is 0 Å². The third kappa shape index (κ3) is 2.60. The second-order valence-corrected chi connectivity index (χ2v) is 6.24. The number of benzene rings is 1. The topological polar surface area (TPSA) is 64.9 Å². The number of nitrogens with two attached hydrogens (primary N) is 1. The van der Waals surface area contributed by atoms with Gasteiger partial charge in [-0.3, -0.25) is 0 Å². The summed E-state index contributed by atoms with van der Waals surface area (Å²) >= 11 is 0. The van der Waals surface area contributed by atoms with Gasteiger partial charge in [-0.2, -0.15) is 4.98 Å². The summed E-state index contributed by atoms with van der Waals surface area (Å²) in [7, 11) is 0. The van der Waals surface area contributed by atoms with Crippen LogP contribution in [0.3, 0.4) is 0 Å². The first-order chi connectivity index (χ1) is 10.1. The molecule has 0 saturated heterocycles. The Labute approximate surface area is 125 Å². The quantitative estimate of drug-likeness (QED) is 0.938. The highest BCUT2D eigenvalue weighted by atomic mass is 16.5. The zero-order chi connectivity index (χ0) is 14.9. The van der Waals surface area contributed by atoms with Crippen molar-refractivity contribution in [1.29, 1.82) is 0 Å².